The SMILES string of the molecule is CCOC(=O)COc1c(Br)cc(/C=C2\N=C(c3ccc(Br)cc3)OC2=O)cc1OCC. The monoisotopic (exact) mass is 551 g/mol. The second-order valence-corrected chi connectivity index (χ2v) is 7.97. The van der Waals surface area contributed by atoms with Gasteiger partial charge in [0.15, 0.2) is 23.8 Å². The molecule has 0 unspecified atom stereocenters. The number of aliphatic imine (C=N–C) groups is 1. The number of cyclic esters (lactones) is 1. The Morgan fingerprint density at radius 3 is 2.52 bits per heavy atom. The van der Waals surface area contributed by atoms with Crippen LogP contribution in [0.1, 0.15) is 25.0 Å². The average Bonchev–Trinajstić information content (AvgIpc) is 3.08. The van der Waals surface area contributed by atoms with Crippen molar-refractivity contribution in [2.75, 3.05) is 19.8 Å². The molecule has 0 saturated heterocycles. The number of rotatable bonds is 8. The van der Waals surface area contributed by atoms with Gasteiger partial charge in [0.25, 0.3) is 0 Å². The Labute approximate surface area is 196 Å². The molecule has 1 aliphatic rings. The molecule has 0 saturated carbocycles. The summed E-state index contributed by atoms with van der Waals surface area (Å²) in [5.74, 6) is -0.00923. The molecule has 0 fully saturated rings. The van der Waals surface area contributed by atoms with E-state index in [1.165, 1.54) is 0 Å². The maximum absolute atomic E-state index is 12.3. The first-order chi connectivity index (χ1) is 14.9. The van der Waals surface area contributed by atoms with Crippen LogP contribution in [0.3, 0.4) is 0 Å². The van der Waals surface area contributed by atoms with Gasteiger partial charge in [-0.1, -0.05) is 15.9 Å². The highest BCUT2D eigenvalue weighted by atomic mass is 79.9. The van der Waals surface area contributed by atoms with Gasteiger partial charge in [-0.2, -0.15) is 0 Å². The highest BCUT2D eigenvalue weighted by Crippen LogP contribution is 2.38. The smallest absolute Gasteiger partial charge is 0.363 e. The van der Waals surface area contributed by atoms with Gasteiger partial charge in [-0.25, -0.2) is 14.6 Å². The number of carbonyl (C=O) groups excluding carboxylic acids is 2. The van der Waals surface area contributed by atoms with Crippen molar-refractivity contribution >= 4 is 55.8 Å². The standard InChI is InChI=1S/C22H19Br2NO6/c1-3-28-18-11-13(9-16(24)20(18)30-12-19(26)29-4-2)10-17-22(27)31-21(25-17)14-5-7-15(23)8-6-14/h5-11H,3-4,12H2,1-2H3/b17-10-. The van der Waals surface area contributed by atoms with Gasteiger partial charge in [0.1, 0.15) is 0 Å². The Balaban J connectivity index is 1.88. The molecule has 2 aromatic carbocycles. The lowest BCUT2D eigenvalue weighted by atomic mass is 10.1. The number of hydrogen-bond acceptors (Lipinski definition) is 7. The Bertz CT molecular complexity index is 1050. The third-order valence-corrected chi connectivity index (χ3v) is 5.10. The summed E-state index contributed by atoms with van der Waals surface area (Å²) in [6, 6.07) is 10.7. The normalized spacial score (nSPS) is 14.3. The zero-order chi connectivity index (χ0) is 22.4. The molecule has 3 rings (SSSR count). The lowest BCUT2D eigenvalue weighted by molar-refractivity contribution is -0.145. The third-order valence-electron chi connectivity index (χ3n) is 3.99. The molecule has 7 nitrogen and oxygen atoms in total. The lowest BCUT2D eigenvalue weighted by Gasteiger charge is -2.14. The molecule has 1 heterocycles. The van der Waals surface area contributed by atoms with Gasteiger partial charge in [0.05, 0.1) is 17.7 Å². The number of esters is 2. The van der Waals surface area contributed by atoms with Crippen LogP contribution in [-0.4, -0.2) is 37.7 Å². The van der Waals surface area contributed by atoms with E-state index in [0.717, 1.165) is 4.47 Å². The Hall–Kier alpha value is -2.65. The first kappa shape index (κ1) is 23.0. The summed E-state index contributed by atoms with van der Waals surface area (Å²) in [5, 5.41) is 0. The second kappa shape index (κ2) is 10.6. The average molecular weight is 553 g/mol. The highest BCUT2D eigenvalue weighted by molar-refractivity contribution is 9.10. The molecule has 0 aliphatic carbocycles. The zero-order valence-corrected chi connectivity index (χ0v) is 20.0. The van der Waals surface area contributed by atoms with E-state index in [4.69, 9.17) is 18.9 Å². The largest absolute Gasteiger partial charge is 0.490 e. The fourth-order valence-electron chi connectivity index (χ4n) is 2.69. The van der Waals surface area contributed by atoms with Crippen molar-refractivity contribution in [1.82, 2.24) is 0 Å². The van der Waals surface area contributed by atoms with Gasteiger partial charge in [-0.3, -0.25) is 0 Å². The van der Waals surface area contributed by atoms with E-state index in [9.17, 15) is 9.59 Å². The van der Waals surface area contributed by atoms with Crippen LogP contribution in [0, 0.1) is 0 Å². The third kappa shape index (κ3) is 5.95. The number of halogens is 2. The topological polar surface area (TPSA) is 83.4 Å². The van der Waals surface area contributed by atoms with Crippen LogP contribution in [0.5, 0.6) is 11.5 Å². The number of hydrogen-bond donors (Lipinski definition) is 0. The van der Waals surface area contributed by atoms with Crippen molar-refractivity contribution < 1.29 is 28.5 Å². The van der Waals surface area contributed by atoms with E-state index < -0.39 is 11.9 Å². The van der Waals surface area contributed by atoms with Crippen LogP contribution < -0.4 is 9.47 Å². The molecule has 2 aromatic rings. The first-order valence-electron chi connectivity index (χ1n) is 9.44. The molecule has 1 aliphatic heterocycles. The zero-order valence-electron chi connectivity index (χ0n) is 16.8. The van der Waals surface area contributed by atoms with Gasteiger partial charge in [0.2, 0.25) is 5.90 Å². The summed E-state index contributed by atoms with van der Waals surface area (Å²) in [7, 11) is 0. The van der Waals surface area contributed by atoms with Crippen molar-refractivity contribution in [3.8, 4) is 11.5 Å². The summed E-state index contributed by atoms with van der Waals surface area (Å²) in [6.07, 6.45) is 1.59. The molecule has 0 N–H and O–H groups in total. The van der Waals surface area contributed by atoms with Crippen molar-refractivity contribution in [2.45, 2.75) is 13.8 Å². The first-order valence-corrected chi connectivity index (χ1v) is 11.0. The molecular weight excluding hydrogens is 534 g/mol. The van der Waals surface area contributed by atoms with E-state index in [-0.39, 0.29) is 24.8 Å². The van der Waals surface area contributed by atoms with Crippen LogP contribution in [0.15, 0.2) is 56.0 Å². The summed E-state index contributed by atoms with van der Waals surface area (Å²) in [6.45, 7) is 3.96. The van der Waals surface area contributed by atoms with Crippen LogP contribution >= 0.6 is 31.9 Å². The Morgan fingerprint density at radius 1 is 1.10 bits per heavy atom. The Morgan fingerprint density at radius 2 is 1.84 bits per heavy atom. The molecule has 0 aromatic heterocycles. The van der Waals surface area contributed by atoms with E-state index in [2.05, 4.69) is 36.9 Å². The van der Waals surface area contributed by atoms with Crippen molar-refractivity contribution in [2.24, 2.45) is 4.99 Å². The minimum absolute atomic E-state index is 0.160. The number of carbonyl (C=O) groups is 2. The summed E-state index contributed by atoms with van der Waals surface area (Å²) >= 11 is 6.80. The molecule has 162 valence electrons. The molecule has 0 amide bonds. The fraction of sp³-hybridized carbons (Fsp3) is 0.227. The van der Waals surface area contributed by atoms with E-state index in [1.54, 1.807) is 37.3 Å². The van der Waals surface area contributed by atoms with Gasteiger partial charge >= 0.3 is 11.9 Å². The predicted octanol–water partition coefficient (Wildman–Crippen LogP) is 4.90. The highest BCUT2D eigenvalue weighted by Gasteiger charge is 2.24. The second-order valence-electron chi connectivity index (χ2n) is 6.20. The maximum Gasteiger partial charge on any atom is 0.363 e. The minimum Gasteiger partial charge on any atom is -0.490 e. The summed E-state index contributed by atoms with van der Waals surface area (Å²) in [5.41, 5.74) is 1.50. The number of ether oxygens (including phenoxy) is 4. The number of benzene rings is 2. The van der Waals surface area contributed by atoms with Crippen LogP contribution in [0.4, 0.5) is 0 Å². The van der Waals surface area contributed by atoms with Crippen LogP contribution in [0.2, 0.25) is 0 Å². The van der Waals surface area contributed by atoms with Gasteiger partial charge in [-0.15, -0.1) is 0 Å². The van der Waals surface area contributed by atoms with E-state index >= 15 is 0 Å². The molecular formula is C22H19Br2NO6. The van der Waals surface area contributed by atoms with Gasteiger partial charge < -0.3 is 18.9 Å². The lowest BCUT2D eigenvalue weighted by Crippen LogP contribution is -2.15. The minimum atomic E-state index is -0.547. The molecule has 0 bridgehead atoms. The van der Waals surface area contributed by atoms with E-state index in [1.807, 2.05) is 19.1 Å². The molecule has 31 heavy (non-hydrogen) atoms. The predicted molar refractivity (Wildman–Crippen MR) is 122 cm³/mol. The molecule has 0 atom stereocenters. The summed E-state index contributed by atoms with van der Waals surface area (Å²) in [4.78, 5) is 28.2. The number of nitrogens with zero attached hydrogens (tertiary/aromatic N) is 1. The van der Waals surface area contributed by atoms with Crippen LogP contribution in [-0.2, 0) is 19.1 Å². The summed E-state index contributed by atoms with van der Waals surface area (Å²) < 4.78 is 22.9. The maximum atomic E-state index is 12.3. The molecule has 0 radical (unpaired) electrons. The van der Waals surface area contributed by atoms with Gasteiger partial charge in [-0.05, 0) is 77.8 Å². The van der Waals surface area contributed by atoms with Crippen molar-refractivity contribution in [3.63, 3.8) is 0 Å². The molecule has 0 spiro atoms. The van der Waals surface area contributed by atoms with Crippen LogP contribution in [0.25, 0.3) is 6.08 Å². The van der Waals surface area contributed by atoms with Crippen molar-refractivity contribution in [1.29, 1.82) is 0 Å². The molecule has 9 heteroatoms. The Kier molecular flexibility index (Phi) is 7.86. The van der Waals surface area contributed by atoms with Gasteiger partial charge in [0, 0.05) is 10.0 Å². The van der Waals surface area contributed by atoms with Crippen molar-refractivity contribution in [3.05, 3.63) is 62.2 Å². The van der Waals surface area contributed by atoms with E-state index in [0.29, 0.717) is 33.7 Å². The fourth-order valence-corrected chi connectivity index (χ4v) is 3.53. The quantitative estimate of drug-likeness (QED) is 0.342.